The summed E-state index contributed by atoms with van der Waals surface area (Å²) in [6.07, 6.45) is -1.51. The maximum atomic E-state index is 14.7. The van der Waals surface area contributed by atoms with Crippen molar-refractivity contribution < 1.29 is 48.0 Å². The second kappa shape index (κ2) is 13.1. The third-order valence-corrected chi connectivity index (χ3v) is 10.2. The molecule has 3 aliphatic rings. The van der Waals surface area contributed by atoms with Crippen LogP contribution in [0.2, 0.25) is 0 Å². The molecule has 8 atom stereocenters. The zero-order valence-corrected chi connectivity index (χ0v) is 28.1. The minimum atomic E-state index is -1.93. The van der Waals surface area contributed by atoms with Crippen molar-refractivity contribution in [1.29, 1.82) is 0 Å². The Labute approximate surface area is 280 Å². The van der Waals surface area contributed by atoms with Gasteiger partial charge in [0.15, 0.2) is 5.60 Å². The normalized spacial score (nSPS) is 31.9. The highest BCUT2D eigenvalue weighted by molar-refractivity contribution is 6.03. The van der Waals surface area contributed by atoms with E-state index in [1.54, 1.807) is 56.3 Å². The number of benzene rings is 2. The molecule has 48 heavy (non-hydrogen) atoms. The molecule has 2 unspecified atom stereocenters. The summed E-state index contributed by atoms with van der Waals surface area (Å²) in [6.45, 7) is 14.2. The molecule has 2 saturated carbocycles. The number of Topliss-reactive ketones (excluding diaryl/α,β-unsaturated/α-hetero) is 1. The third kappa shape index (κ3) is 6.40. The number of phenolic OH excluding ortho intramolecular Hbond substituents is 1. The van der Waals surface area contributed by atoms with Crippen LogP contribution in [0.4, 0.5) is 0 Å². The number of carbonyl (C=O) groups excluding carboxylic acids is 5. The number of allylic oxidation sites excluding steroid dienone is 1. The fraction of sp³-hybridized carbons (Fsp3) is 0.447. The molecule has 0 bridgehead atoms. The van der Waals surface area contributed by atoms with Gasteiger partial charge >= 0.3 is 23.9 Å². The van der Waals surface area contributed by atoms with E-state index in [2.05, 4.69) is 6.58 Å². The lowest BCUT2D eigenvalue weighted by molar-refractivity contribution is -0.179. The average Bonchev–Trinajstić information content (AvgIpc) is 3.40. The Morgan fingerprint density at radius 2 is 1.54 bits per heavy atom. The number of hydrogen-bond donors (Lipinski definition) is 1. The Morgan fingerprint density at radius 3 is 2.17 bits per heavy atom. The van der Waals surface area contributed by atoms with E-state index < -0.39 is 65.4 Å². The highest BCUT2D eigenvalue weighted by Crippen LogP contribution is 2.63. The van der Waals surface area contributed by atoms with Gasteiger partial charge < -0.3 is 24.1 Å². The highest BCUT2D eigenvalue weighted by atomic mass is 16.6. The number of rotatable bonds is 6. The van der Waals surface area contributed by atoms with Gasteiger partial charge in [-0.3, -0.25) is 14.4 Å². The van der Waals surface area contributed by atoms with Crippen LogP contribution in [0.25, 0.3) is 0 Å². The first-order valence-corrected chi connectivity index (χ1v) is 16.1. The molecular weight excluding hydrogens is 616 g/mol. The van der Waals surface area contributed by atoms with Crippen LogP contribution in [-0.4, -0.2) is 58.7 Å². The average molecular weight is 659 g/mol. The molecule has 3 aliphatic carbocycles. The summed E-state index contributed by atoms with van der Waals surface area (Å²) in [7, 11) is 0. The first-order valence-electron chi connectivity index (χ1n) is 16.1. The Morgan fingerprint density at radius 1 is 0.896 bits per heavy atom. The van der Waals surface area contributed by atoms with Crippen LogP contribution in [0, 0.1) is 29.1 Å². The van der Waals surface area contributed by atoms with Crippen molar-refractivity contribution in [3.8, 4) is 5.75 Å². The van der Waals surface area contributed by atoms with E-state index in [4.69, 9.17) is 18.9 Å². The summed E-state index contributed by atoms with van der Waals surface area (Å²) < 4.78 is 24.2. The molecule has 0 radical (unpaired) electrons. The fourth-order valence-corrected chi connectivity index (χ4v) is 7.71. The van der Waals surface area contributed by atoms with Crippen LogP contribution >= 0.6 is 0 Å². The lowest BCUT2D eigenvalue weighted by Crippen LogP contribution is -2.55. The smallest absolute Gasteiger partial charge is 0.342 e. The molecule has 1 N–H and O–H groups in total. The number of fused-ring (bicyclic) bond motifs is 2. The second-order valence-corrected chi connectivity index (χ2v) is 13.8. The molecule has 0 amide bonds. The predicted molar refractivity (Wildman–Crippen MR) is 174 cm³/mol. The Balaban J connectivity index is 1.69. The predicted octanol–water partition coefficient (Wildman–Crippen LogP) is 5.78. The maximum absolute atomic E-state index is 14.7. The van der Waals surface area contributed by atoms with E-state index in [1.165, 1.54) is 26.0 Å². The standard InChI is InChI=1S/C38H42O10/c1-20-17-27-28(37(27,6)7)18-30(46-36(44)26-15-11-12-16-29(26)41)22(3)33(45-23(4)39)31-32(47-35(43)25-13-9-8-10-14-25)21(2)19-38(31,34(20)42)48-24(5)40/h8-17,21,27-28,30-33,41H,3,18-19H2,1-2,4-7H3/b20-17+/t21-,27+,28-,30?,31?,32-,33+,38+/m0/s1. The number of phenols is 1. The molecule has 0 saturated heterocycles. The molecule has 10 heteroatoms. The van der Waals surface area contributed by atoms with Gasteiger partial charge in [-0.2, -0.15) is 0 Å². The van der Waals surface area contributed by atoms with Crippen molar-refractivity contribution in [1.82, 2.24) is 0 Å². The van der Waals surface area contributed by atoms with E-state index in [0.717, 1.165) is 0 Å². The Hall–Kier alpha value is -4.73. The molecule has 5 rings (SSSR count). The molecule has 0 heterocycles. The zero-order chi connectivity index (χ0) is 35.1. The number of esters is 4. The van der Waals surface area contributed by atoms with Crippen LogP contribution in [0.5, 0.6) is 5.75 Å². The van der Waals surface area contributed by atoms with E-state index in [-0.39, 0.29) is 52.5 Å². The van der Waals surface area contributed by atoms with E-state index in [0.29, 0.717) is 5.57 Å². The van der Waals surface area contributed by atoms with Gasteiger partial charge in [-0.15, -0.1) is 0 Å². The van der Waals surface area contributed by atoms with E-state index in [9.17, 15) is 29.1 Å². The van der Waals surface area contributed by atoms with Crippen molar-refractivity contribution in [2.24, 2.45) is 29.1 Å². The Kier molecular flexibility index (Phi) is 9.41. The highest BCUT2D eigenvalue weighted by Gasteiger charge is 2.66. The lowest BCUT2D eigenvalue weighted by atomic mass is 9.76. The summed E-state index contributed by atoms with van der Waals surface area (Å²) in [4.78, 5) is 67.4. The number of ketones is 1. The summed E-state index contributed by atoms with van der Waals surface area (Å²) in [5.74, 6) is -5.78. The quantitative estimate of drug-likeness (QED) is 0.231. The molecule has 0 aliphatic heterocycles. The van der Waals surface area contributed by atoms with Gasteiger partial charge in [-0.25, -0.2) is 9.59 Å². The van der Waals surface area contributed by atoms with Crippen molar-refractivity contribution in [2.45, 2.75) is 78.3 Å². The minimum absolute atomic E-state index is 0.0428. The molecule has 10 nitrogen and oxygen atoms in total. The third-order valence-electron chi connectivity index (χ3n) is 10.2. The van der Waals surface area contributed by atoms with Gasteiger partial charge in [0.05, 0.1) is 11.5 Å². The Bertz CT molecular complexity index is 1670. The summed E-state index contributed by atoms with van der Waals surface area (Å²) in [5.41, 5.74) is -1.57. The molecule has 2 aromatic carbocycles. The van der Waals surface area contributed by atoms with Crippen molar-refractivity contribution >= 4 is 29.7 Å². The largest absolute Gasteiger partial charge is 0.507 e. The monoisotopic (exact) mass is 658 g/mol. The van der Waals surface area contributed by atoms with Crippen LogP contribution in [-0.2, 0) is 33.3 Å². The first kappa shape index (κ1) is 34.6. The SMILES string of the molecule is C=C1C(OC(=O)c2ccccc2O)C[C@H]2[C@@H](/C=C(\C)C(=O)[C@@]3(OC(C)=O)C[C@H](C)[C@H](OC(=O)c4ccccc4)C3[C@@H]1OC(C)=O)C2(C)C. The van der Waals surface area contributed by atoms with Gasteiger partial charge in [0, 0.05) is 25.8 Å². The van der Waals surface area contributed by atoms with Gasteiger partial charge in [0.1, 0.15) is 29.6 Å². The van der Waals surface area contributed by atoms with Crippen molar-refractivity contribution in [2.75, 3.05) is 0 Å². The van der Waals surface area contributed by atoms with Crippen LogP contribution in [0.1, 0.15) is 75.1 Å². The number of para-hydroxylation sites is 1. The lowest BCUT2D eigenvalue weighted by Gasteiger charge is -2.40. The summed E-state index contributed by atoms with van der Waals surface area (Å²) in [5, 5.41) is 10.4. The number of hydrogen-bond acceptors (Lipinski definition) is 10. The number of carbonyl (C=O) groups is 5. The zero-order valence-electron chi connectivity index (χ0n) is 28.1. The van der Waals surface area contributed by atoms with Crippen molar-refractivity contribution in [3.63, 3.8) is 0 Å². The molecular formula is C38H42O10. The molecule has 2 aromatic rings. The van der Waals surface area contributed by atoms with Gasteiger partial charge in [-0.05, 0) is 66.4 Å². The minimum Gasteiger partial charge on any atom is -0.507 e. The molecule has 0 aromatic heterocycles. The fourth-order valence-electron chi connectivity index (χ4n) is 7.71. The van der Waals surface area contributed by atoms with Crippen LogP contribution < -0.4 is 0 Å². The maximum Gasteiger partial charge on any atom is 0.342 e. The number of aromatic hydroxyl groups is 1. The van der Waals surface area contributed by atoms with Crippen molar-refractivity contribution in [3.05, 3.63) is 89.5 Å². The van der Waals surface area contributed by atoms with E-state index >= 15 is 0 Å². The topological polar surface area (TPSA) is 143 Å². The number of ether oxygens (including phenoxy) is 4. The van der Waals surface area contributed by atoms with Gasteiger partial charge in [-0.1, -0.05) is 63.8 Å². The second-order valence-electron chi connectivity index (χ2n) is 13.8. The van der Waals surface area contributed by atoms with Gasteiger partial charge in [0.25, 0.3) is 0 Å². The van der Waals surface area contributed by atoms with Crippen LogP contribution in [0.3, 0.4) is 0 Å². The molecule has 254 valence electrons. The molecule has 0 spiro atoms. The summed E-state index contributed by atoms with van der Waals surface area (Å²) in [6, 6.07) is 14.2. The summed E-state index contributed by atoms with van der Waals surface area (Å²) >= 11 is 0. The first-order chi connectivity index (χ1) is 22.6. The van der Waals surface area contributed by atoms with E-state index in [1.807, 2.05) is 19.9 Å². The van der Waals surface area contributed by atoms with Gasteiger partial charge in [0.2, 0.25) is 5.78 Å². The van der Waals surface area contributed by atoms with Crippen LogP contribution in [0.15, 0.2) is 78.4 Å². The molecule has 2 fully saturated rings.